The minimum absolute atomic E-state index is 0.243. The van der Waals surface area contributed by atoms with Crippen LogP contribution in [0.4, 0.5) is 10.1 Å². The van der Waals surface area contributed by atoms with Gasteiger partial charge >= 0.3 is 0 Å². The highest BCUT2D eigenvalue weighted by Crippen LogP contribution is 2.26. The van der Waals surface area contributed by atoms with Crippen LogP contribution in [0.2, 0.25) is 0 Å². The average Bonchev–Trinajstić information content (AvgIpc) is 3.05. The standard InChI is InChI=1S/C18H17FN2O2/c19-17-15-5-6-20-8-12(15)3-4-16(17)21-18(22)11-1-2-13-9-23-10-14(13)7-11/h1-4,7,20H,5-6,8-10H2,(H,21,22). The fraction of sp³-hybridized carbons (Fsp3) is 0.278. The average molecular weight is 312 g/mol. The van der Waals surface area contributed by atoms with E-state index in [1.807, 2.05) is 18.2 Å². The molecule has 1 amide bonds. The van der Waals surface area contributed by atoms with E-state index < -0.39 is 0 Å². The van der Waals surface area contributed by atoms with Gasteiger partial charge in [-0.1, -0.05) is 12.1 Å². The van der Waals surface area contributed by atoms with Gasteiger partial charge in [-0.25, -0.2) is 4.39 Å². The Balaban J connectivity index is 1.59. The monoisotopic (exact) mass is 312 g/mol. The lowest BCUT2D eigenvalue weighted by molar-refractivity contribution is 0.102. The van der Waals surface area contributed by atoms with Crippen LogP contribution >= 0.6 is 0 Å². The molecular weight excluding hydrogens is 295 g/mol. The van der Waals surface area contributed by atoms with E-state index in [9.17, 15) is 9.18 Å². The molecule has 0 fully saturated rings. The molecule has 0 bridgehead atoms. The number of anilines is 1. The molecular formula is C18H17FN2O2. The first-order valence-electron chi connectivity index (χ1n) is 7.74. The van der Waals surface area contributed by atoms with Crippen LogP contribution in [-0.4, -0.2) is 12.5 Å². The van der Waals surface area contributed by atoms with Crippen molar-refractivity contribution in [2.24, 2.45) is 0 Å². The van der Waals surface area contributed by atoms with Gasteiger partial charge in [-0.3, -0.25) is 4.79 Å². The van der Waals surface area contributed by atoms with E-state index >= 15 is 0 Å². The van der Waals surface area contributed by atoms with Crippen molar-refractivity contribution in [3.8, 4) is 0 Å². The summed E-state index contributed by atoms with van der Waals surface area (Å²) in [5.41, 5.74) is 4.55. The molecule has 5 heteroatoms. The highest BCUT2D eigenvalue weighted by Gasteiger charge is 2.19. The first-order valence-corrected chi connectivity index (χ1v) is 7.74. The predicted octanol–water partition coefficient (Wildman–Crippen LogP) is 2.75. The van der Waals surface area contributed by atoms with Crippen LogP contribution in [0, 0.1) is 5.82 Å². The summed E-state index contributed by atoms with van der Waals surface area (Å²) in [7, 11) is 0. The number of hydrogen-bond acceptors (Lipinski definition) is 3. The Kier molecular flexibility index (Phi) is 3.59. The maximum atomic E-state index is 14.6. The number of ether oxygens (including phenoxy) is 1. The summed E-state index contributed by atoms with van der Waals surface area (Å²) in [6.45, 7) is 2.54. The smallest absolute Gasteiger partial charge is 0.255 e. The van der Waals surface area contributed by atoms with Gasteiger partial charge in [-0.05, 0) is 53.4 Å². The molecule has 2 aliphatic rings. The molecule has 118 valence electrons. The van der Waals surface area contributed by atoms with E-state index in [1.165, 1.54) is 0 Å². The lowest BCUT2D eigenvalue weighted by atomic mass is 9.99. The number of carbonyl (C=O) groups is 1. The molecule has 0 saturated heterocycles. The number of benzene rings is 2. The highest BCUT2D eigenvalue weighted by molar-refractivity contribution is 6.04. The van der Waals surface area contributed by atoms with Crippen molar-refractivity contribution >= 4 is 11.6 Å². The summed E-state index contributed by atoms with van der Waals surface area (Å²) in [6, 6.07) is 8.97. The molecule has 0 unspecified atom stereocenters. The Bertz CT molecular complexity index is 789. The molecule has 2 aromatic carbocycles. The van der Waals surface area contributed by atoms with Crippen LogP contribution in [0.5, 0.6) is 0 Å². The van der Waals surface area contributed by atoms with Crippen molar-refractivity contribution in [2.45, 2.75) is 26.2 Å². The molecule has 2 aromatic rings. The Morgan fingerprint density at radius 3 is 2.87 bits per heavy atom. The minimum atomic E-state index is -0.318. The van der Waals surface area contributed by atoms with E-state index in [0.717, 1.165) is 23.2 Å². The number of hydrogen-bond donors (Lipinski definition) is 2. The molecule has 0 spiro atoms. The van der Waals surface area contributed by atoms with Crippen molar-refractivity contribution in [1.29, 1.82) is 0 Å². The SMILES string of the molecule is O=C(Nc1ccc2c(c1F)CCNC2)c1ccc2c(c1)COC2. The summed E-state index contributed by atoms with van der Waals surface area (Å²) in [4.78, 5) is 12.4. The molecule has 2 heterocycles. The zero-order valence-electron chi connectivity index (χ0n) is 12.6. The van der Waals surface area contributed by atoms with Gasteiger partial charge in [0, 0.05) is 12.1 Å². The molecule has 0 atom stereocenters. The van der Waals surface area contributed by atoms with Gasteiger partial charge in [-0.15, -0.1) is 0 Å². The zero-order chi connectivity index (χ0) is 15.8. The Morgan fingerprint density at radius 1 is 1.13 bits per heavy atom. The lowest BCUT2D eigenvalue weighted by Crippen LogP contribution is -2.25. The molecule has 23 heavy (non-hydrogen) atoms. The van der Waals surface area contributed by atoms with Crippen LogP contribution < -0.4 is 10.6 Å². The maximum absolute atomic E-state index is 14.6. The second-order valence-corrected chi connectivity index (χ2v) is 5.92. The van der Waals surface area contributed by atoms with Crippen LogP contribution in [0.1, 0.15) is 32.6 Å². The fourth-order valence-electron chi connectivity index (χ4n) is 3.14. The van der Waals surface area contributed by atoms with Crippen LogP contribution in [0.3, 0.4) is 0 Å². The topological polar surface area (TPSA) is 50.4 Å². The maximum Gasteiger partial charge on any atom is 0.255 e. The van der Waals surface area contributed by atoms with Crippen LogP contribution in [-0.2, 0) is 30.9 Å². The largest absolute Gasteiger partial charge is 0.372 e. The van der Waals surface area contributed by atoms with E-state index in [-0.39, 0.29) is 17.4 Å². The molecule has 4 nitrogen and oxygen atoms in total. The Hall–Kier alpha value is -2.24. The van der Waals surface area contributed by atoms with Crippen LogP contribution in [0.25, 0.3) is 0 Å². The number of amides is 1. The second-order valence-electron chi connectivity index (χ2n) is 5.92. The lowest BCUT2D eigenvalue weighted by Gasteiger charge is -2.19. The third-order valence-corrected chi connectivity index (χ3v) is 4.44. The summed E-state index contributed by atoms with van der Waals surface area (Å²) in [5.74, 6) is -0.616. The summed E-state index contributed by atoms with van der Waals surface area (Å²) in [6.07, 6.45) is 0.640. The van der Waals surface area contributed by atoms with Gasteiger partial charge in [0.25, 0.3) is 5.91 Å². The van der Waals surface area contributed by atoms with Gasteiger partial charge in [0.05, 0.1) is 18.9 Å². The van der Waals surface area contributed by atoms with Gasteiger partial charge in [0.15, 0.2) is 0 Å². The van der Waals surface area contributed by atoms with Gasteiger partial charge in [-0.2, -0.15) is 0 Å². The molecule has 0 aromatic heterocycles. The number of fused-ring (bicyclic) bond motifs is 2. The second kappa shape index (κ2) is 5.76. The normalized spacial score (nSPS) is 15.9. The van der Waals surface area contributed by atoms with E-state index in [2.05, 4.69) is 10.6 Å². The van der Waals surface area contributed by atoms with Crippen molar-refractivity contribution in [3.63, 3.8) is 0 Å². The molecule has 0 saturated carbocycles. The fourth-order valence-corrected chi connectivity index (χ4v) is 3.14. The van der Waals surface area contributed by atoms with E-state index in [1.54, 1.807) is 12.1 Å². The minimum Gasteiger partial charge on any atom is -0.372 e. The molecule has 2 aliphatic heterocycles. The van der Waals surface area contributed by atoms with Crippen LogP contribution in [0.15, 0.2) is 30.3 Å². The van der Waals surface area contributed by atoms with Crippen molar-refractivity contribution in [2.75, 3.05) is 11.9 Å². The van der Waals surface area contributed by atoms with Crippen molar-refractivity contribution < 1.29 is 13.9 Å². The quantitative estimate of drug-likeness (QED) is 0.896. The van der Waals surface area contributed by atoms with E-state index in [4.69, 9.17) is 4.74 Å². The predicted molar refractivity (Wildman–Crippen MR) is 84.7 cm³/mol. The summed E-state index contributed by atoms with van der Waals surface area (Å²) in [5, 5.41) is 5.90. The third-order valence-electron chi connectivity index (χ3n) is 4.44. The molecule has 4 rings (SSSR count). The number of carbonyl (C=O) groups excluding carboxylic acids is 1. The molecule has 0 radical (unpaired) electrons. The zero-order valence-corrected chi connectivity index (χ0v) is 12.6. The third kappa shape index (κ3) is 2.62. The summed E-state index contributed by atoms with van der Waals surface area (Å²) >= 11 is 0. The van der Waals surface area contributed by atoms with Crippen molar-refractivity contribution in [3.05, 3.63) is 64.0 Å². The first kappa shape index (κ1) is 14.4. The van der Waals surface area contributed by atoms with Gasteiger partial charge in [0.1, 0.15) is 5.82 Å². The van der Waals surface area contributed by atoms with Gasteiger partial charge < -0.3 is 15.4 Å². The van der Waals surface area contributed by atoms with Crippen molar-refractivity contribution in [1.82, 2.24) is 5.32 Å². The number of nitrogens with one attached hydrogen (secondary N) is 2. The molecule has 0 aliphatic carbocycles. The number of rotatable bonds is 2. The first-order chi connectivity index (χ1) is 11.2. The van der Waals surface area contributed by atoms with Gasteiger partial charge in [0.2, 0.25) is 0 Å². The molecule has 2 N–H and O–H groups in total. The number of halogens is 1. The summed E-state index contributed by atoms with van der Waals surface area (Å²) < 4.78 is 19.9. The highest BCUT2D eigenvalue weighted by atomic mass is 19.1. The Labute approximate surface area is 133 Å². The Morgan fingerprint density at radius 2 is 1.96 bits per heavy atom. The van der Waals surface area contributed by atoms with E-state index in [0.29, 0.717) is 37.3 Å².